The molecule has 1 N–H and O–H groups in total. The Morgan fingerprint density at radius 3 is 1.94 bits per heavy atom. The van der Waals surface area contributed by atoms with Gasteiger partial charge in [0.05, 0.1) is 0 Å². The lowest BCUT2D eigenvalue weighted by Crippen LogP contribution is -2.41. The SMILES string of the molecule is CC(C)C(CNCC(C)N(C)C1CC1)C(C)C. The van der Waals surface area contributed by atoms with Gasteiger partial charge in [-0.15, -0.1) is 0 Å². The summed E-state index contributed by atoms with van der Waals surface area (Å²) in [6.07, 6.45) is 2.81. The second-order valence-corrected chi connectivity index (χ2v) is 6.56. The zero-order valence-electron chi connectivity index (χ0n) is 12.7. The summed E-state index contributed by atoms with van der Waals surface area (Å²) >= 11 is 0. The Bertz CT molecular complexity index is 201. The van der Waals surface area contributed by atoms with Gasteiger partial charge >= 0.3 is 0 Å². The maximum Gasteiger partial charge on any atom is 0.0192 e. The molecule has 0 aromatic heterocycles. The van der Waals surface area contributed by atoms with Crippen LogP contribution in [0.2, 0.25) is 0 Å². The van der Waals surface area contributed by atoms with E-state index in [9.17, 15) is 0 Å². The predicted molar refractivity (Wildman–Crippen MR) is 76.3 cm³/mol. The van der Waals surface area contributed by atoms with Gasteiger partial charge < -0.3 is 5.32 Å². The number of hydrogen-bond acceptors (Lipinski definition) is 2. The third-order valence-corrected chi connectivity index (χ3v) is 4.35. The molecule has 0 radical (unpaired) electrons. The molecule has 1 rings (SSSR count). The Morgan fingerprint density at radius 1 is 1.00 bits per heavy atom. The molecular weight excluding hydrogens is 208 g/mol. The van der Waals surface area contributed by atoms with E-state index >= 15 is 0 Å². The zero-order valence-corrected chi connectivity index (χ0v) is 12.7. The summed E-state index contributed by atoms with van der Waals surface area (Å²) in [5.41, 5.74) is 0. The second-order valence-electron chi connectivity index (χ2n) is 6.56. The van der Waals surface area contributed by atoms with Gasteiger partial charge in [-0.2, -0.15) is 0 Å². The summed E-state index contributed by atoms with van der Waals surface area (Å²) in [7, 11) is 2.27. The highest BCUT2D eigenvalue weighted by Gasteiger charge is 2.29. The monoisotopic (exact) mass is 240 g/mol. The van der Waals surface area contributed by atoms with Crippen molar-refractivity contribution in [3.63, 3.8) is 0 Å². The molecule has 1 saturated carbocycles. The smallest absolute Gasteiger partial charge is 0.0192 e. The summed E-state index contributed by atoms with van der Waals surface area (Å²) in [5.74, 6) is 2.35. The van der Waals surface area contributed by atoms with Crippen LogP contribution in [0, 0.1) is 17.8 Å². The van der Waals surface area contributed by atoms with E-state index in [0.717, 1.165) is 36.9 Å². The fraction of sp³-hybridized carbons (Fsp3) is 1.00. The maximum absolute atomic E-state index is 3.67. The molecule has 102 valence electrons. The van der Waals surface area contributed by atoms with Crippen molar-refractivity contribution in [2.24, 2.45) is 17.8 Å². The number of rotatable bonds is 8. The van der Waals surface area contributed by atoms with E-state index in [1.165, 1.54) is 12.8 Å². The van der Waals surface area contributed by atoms with Crippen LogP contribution in [0.15, 0.2) is 0 Å². The molecule has 0 spiro atoms. The van der Waals surface area contributed by atoms with Crippen molar-refractivity contribution in [3.8, 4) is 0 Å². The molecule has 0 heterocycles. The van der Waals surface area contributed by atoms with Gasteiger partial charge in [-0.1, -0.05) is 27.7 Å². The van der Waals surface area contributed by atoms with E-state index in [0.29, 0.717) is 6.04 Å². The Morgan fingerprint density at radius 2 is 1.53 bits per heavy atom. The summed E-state index contributed by atoms with van der Waals surface area (Å²) < 4.78 is 0. The highest BCUT2D eigenvalue weighted by atomic mass is 15.2. The molecule has 1 fully saturated rings. The molecule has 1 aliphatic carbocycles. The van der Waals surface area contributed by atoms with Crippen LogP contribution >= 0.6 is 0 Å². The molecule has 1 atom stereocenters. The molecule has 2 heteroatoms. The number of nitrogens with one attached hydrogen (secondary N) is 1. The number of nitrogens with zero attached hydrogens (tertiary/aromatic N) is 1. The number of likely N-dealkylation sites (N-methyl/N-ethyl adjacent to an activating group) is 1. The molecule has 17 heavy (non-hydrogen) atoms. The Hall–Kier alpha value is -0.0800. The van der Waals surface area contributed by atoms with Gasteiger partial charge in [0.2, 0.25) is 0 Å². The van der Waals surface area contributed by atoms with E-state index in [1.54, 1.807) is 0 Å². The van der Waals surface area contributed by atoms with Gasteiger partial charge in [0, 0.05) is 18.6 Å². The lowest BCUT2D eigenvalue weighted by Gasteiger charge is -2.28. The highest BCUT2D eigenvalue weighted by Crippen LogP contribution is 2.26. The van der Waals surface area contributed by atoms with Gasteiger partial charge in [-0.25, -0.2) is 0 Å². The topological polar surface area (TPSA) is 15.3 Å². The first-order valence-corrected chi connectivity index (χ1v) is 7.36. The van der Waals surface area contributed by atoms with Crippen molar-refractivity contribution in [2.45, 2.75) is 59.5 Å². The Labute approximate surface area is 108 Å². The zero-order chi connectivity index (χ0) is 13.0. The van der Waals surface area contributed by atoms with Gasteiger partial charge in [0.1, 0.15) is 0 Å². The fourth-order valence-electron chi connectivity index (χ4n) is 2.69. The normalized spacial score (nSPS) is 18.7. The lowest BCUT2D eigenvalue weighted by atomic mass is 9.85. The summed E-state index contributed by atoms with van der Waals surface area (Å²) in [5, 5.41) is 3.67. The molecule has 1 aliphatic rings. The molecule has 0 bridgehead atoms. The quantitative estimate of drug-likeness (QED) is 0.701. The first-order chi connectivity index (χ1) is 7.93. The van der Waals surface area contributed by atoms with E-state index in [1.807, 2.05) is 0 Å². The molecule has 0 saturated heterocycles. The average molecular weight is 240 g/mol. The van der Waals surface area contributed by atoms with Crippen LogP contribution < -0.4 is 5.32 Å². The van der Waals surface area contributed by atoms with Crippen LogP contribution in [0.3, 0.4) is 0 Å². The van der Waals surface area contributed by atoms with Crippen molar-refractivity contribution < 1.29 is 0 Å². The first kappa shape index (κ1) is 15.0. The van der Waals surface area contributed by atoms with Crippen LogP contribution in [0.4, 0.5) is 0 Å². The van der Waals surface area contributed by atoms with Crippen molar-refractivity contribution in [1.82, 2.24) is 10.2 Å². The highest BCUT2D eigenvalue weighted by molar-refractivity contribution is 4.86. The second kappa shape index (κ2) is 6.75. The molecule has 1 unspecified atom stereocenters. The maximum atomic E-state index is 3.67. The van der Waals surface area contributed by atoms with Crippen LogP contribution in [0.5, 0.6) is 0 Å². The van der Waals surface area contributed by atoms with Crippen molar-refractivity contribution in [3.05, 3.63) is 0 Å². The molecule has 0 aliphatic heterocycles. The van der Waals surface area contributed by atoms with Crippen LogP contribution in [0.1, 0.15) is 47.5 Å². The third kappa shape index (κ3) is 4.97. The van der Waals surface area contributed by atoms with Crippen molar-refractivity contribution in [2.75, 3.05) is 20.1 Å². The standard InChI is InChI=1S/C15H32N2/c1-11(2)15(12(3)4)10-16-9-13(5)17(6)14-7-8-14/h11-16H,7-10H2,1-6H3. The molecule has 2 nitrogen and oxygen atoms in total. The molecule has 0 aromatic carbocycles. The largest absolute Gasteiger partial charge is 0.315 e. The van der Waals surface area contributed by atoms with E-state index in [4.69, 9.17) is 0 Å². The Kier molecular flexibility index (Phi) is 5.94. The van der Waals surface area contributed by atoms with Crippen molar-refractivity contribution in [1.29, 1.82) is 0 Å². The average Bonchev–Trinajstić information content (AvgIpc) is 3.05. The van der Waals surface area contributed by atoms with Crippen LogP contribution in [0.25, 0.3) is 0 Å². The minimum atomic E-state index is 0.669. The Balaban J connectivity index is 2.20. The van der Waals surface area contributed by atoms with E-state index in [2.05, 4.69) is 51.9 Å². The van der Waals surface area contributed by atoms with Gasteiger partial charge in [-0.3, -0.25) is 4.90 Å². The van der Waals surface area contributed by atoms with Gasteiger partial charge in [0.15, 0.2) is 0 Å². The minimum absolute atomic E-state index is 0.669. The summed E-state index contributed by atoms with van der Waals surface area (Å²) in [6, 6.07) is 1.54. The fourth-order valence-corrected chi connectivity index (χ4v) is 2.69. The molecule has 0 aromatic rings. The first-order valence-electron chi connectivity index (χ1n) is 7.36. The van der Waals surface area contributed by atoms with Crippen molar-refractivity contribution >= 4 is 0 Å². The summed E-state index contributed by atoms with van der Waals surface area (Å²) in [6.45, 7) is 14.0. The third-order valence-electron chi connectivity index (χ3n) is 4.35. The van der Waals surface area contributed by atoms with Crippen LogP contribution in [-0.4, -0.2) is 37.1 Å². The van der Waals surface area contributed by atoms with Gasteiger partial charge in [-0.05, 0) is 51.1 Å². The van der Waals surface area contributed by atoms with Crippen LogP contribution in [-0.2, 0) is 0 Å². The lowest BCUT2D eigenvalue weighted by molar-refractivity contribution is 0.224. The number of hydrogen-bond donors (Lipinski definition) is 1. The predicted octanol–water partition coefficient (Wildman–Crippen LogP) is 2.99. The minimum Gasteiger partial charge on any atom is -0.315 e. The summed E-state index contributed by atoms with van der Waals surface area (Å²) in [4.78, 5) is 2.53. The molecular formula is C15H32N2. The van der Waals surface area contributed by atoms with E-state index < -0.39 is 0 Å². The van der Waals surface area contributed by atoms with E-state index in [-0.39, 0.29) is 0 Å². The molecule has 0 amide bonds. The van der Waals surface area contributed by atoms with Gasteiger partial charge in [0.25, 0.3) is 0 Å².